The lowest BCUT2D eigenvalue weighted by Gasteiger charge is -2.34. The van der Waals surface area contributed by atoms with E-state index in [0.717, 1.165) is 32.5 Å². The summed E-state index contributed by atoms with van der Waals surface area (Å²) in [6.07, 6.45) is 2.23. The van der Waals surface area contributed by atoms with Gasteiger partial charge in [0.15, 0.2) is 0 Å². The Kier molecular flexibility index (Phi) is 7.78. The minimum Gasteiger partial charge on any atom is -0.350 e. The number of nitrogens with zero attached hydrogens (tertiary/aromatic N) is 1. The summed E-state index contributed by atoms with van der Waals surface area (Å²) in [5.74, 6) is -0.0546. The van der Waals surface area contributed by atoms with Crippen LogP contribution in [-0.2, 0) is 0 Å². The van der Waals surface area contributed by atoms with Gasteiger partial charge in [-0.15, -0.1) is 36.2 Å². The van der Waals surface area contributed by atoms with Crippen LogP contribution in [0.1, 0.15) is 30.3 Å². The zero-order chi connectivity index (χ0) is 11.4. The van der Waals surface area contributed by atoms with E-state index in [-0.39, 0.29) is 36.1 Å². The molecule has 2 N–H and O–H groups in total. The molecule has 1 aliphatic heterocycles. The van der Waals surface area contributed by atoms with Gasteiger partial charge in [0.05, 0.1) is 5.51 Å². The summed E-state index contributed by atoms with van der Waals surface area (Å²) in [7, 11) is 0. The summed E-state index contributed by atoms with van der Waals surface area (Å²) in [6.45, 7) is 5.06. The van der Waals surface area contributed by atoms with E-state index in [2.05, 4.69) is 22.5 Å². The van der Waals surface area contributed by atoms with Gasteiger partial charge in [-0.1, -0.05) is 6.92 Å². The molecule has 1 saturated heterocycles. The normalized spacial score (nSPS) is 17.2. The fourth-order valence-corrected chi connectivity index (χ4v) is 2.45. The molecule has 18 heavy (non-hydrogen) atoms. The summed E-state index contributed by atoms with van der Waals surface area (Å²) < 4.78 is 0. The highest BCUT2D eigenvalue weighted by atomic mass is 35.5. The number of amides is 1. The van der Waals surface area contributed by atoms with Gasteiger partial charge in [0, 0.05) is 11.9 Å². The molecule has 2 rings (SSSR count). The van der Waals surface area contributed by atoms with Gasteiger partial charge in [0.2, 0.25) is 0 Å². The van der Waals surface area contributed by atoms with Crippen LogP contribution in [0.2, 0.25) is 0 Å². The number of carbonyl (C=O) groups excluding carboxylic acids is 1. The fraction of sp³-hybridized carbons (Fsp3) is 0.636. The van der Waals surface area contributed by atoms with E-state index < -0.39 is 0 Å². The zero-order valence-electron chi connectivity index (χ0n) is 10.3. The Balaban J connectivity index is 0.00000144. The van der Waals surface area contributed by atoms with Gasteiger partial charge in [-0.2, -0.15) is 0 Å². The third kappa shape index (κ3) is 4.72. The van der Waals surface area contributed by atoms with E-state index in [0.29, 0.717) is 5.69 Å². The number of aromatic nitrogens is 1. The van der Waals surface area contributed by atoms with Gasteiger partial charge in [0.1, 0.15) is 5.69 Å². The molecule has 0 atom stereocenters. The number of nitrogens with one attached hydrogen (secondary N) is 2. The predicted molar refractivity (Wildman–Crippen MR) is 79.2 cm³/mol. The van der Waals surface area contributed by atoms with Crippen molar-refractivity contribution in [1.29, 1.82) is 0 Å². The average Bonchev–Trinajstić information content (AvgIpc) is 2.80. The van der Waals surface area contributed by atoms with Crippen LogP contribution in [0.15, 0.2) is 10.9 Å². The first-order valence-electron chi connectivity index (χ1n) is 5.57. The van der Waals surface area contributed by atoms with Gasteiger partial charge in [0.25, 0.3) is 5.91 Å². The van der Waals surface area contributed by atoms with Crippen LogP contribution in [0, 0.1) is 5.41 Å². The van der Waals surface area contributed by atoms with Crippen LogP contribution in [-0.4, -0.2) is 30.5 Å². The summed E-state index contributed by atoms with van der Waals surface area (Å²) in [4.78, 5) is 15.7. The largest absolute Gasteiger partial charge is 0.350 e. The molecule has 0 radical (unpaired) electrons. The minimum absolute atomic E-state index is 0. The number of rotatable bonds is 3. The monoisotopic (exact) mass is 311 g/mol. The minimum atomic E-state index is -0.0546. The molecule has 0 aromatic carbocycles. The van der Waals surface area contributed by atoms with Crippen LogP contribution in [0.4, 0.5) is 0 Å². The van der Waals surface area contributed by atoms with Crippen molar-refractivity contribution in [2.24, 2.45) is 5.41 Å². The Morgan fingerprint density at radius 1 is 1.50 bits per heavy atom. The van der Waals surface area contributed by atoms with Crippen molar-refractivity contribution in [1.82, 2.24) is 15.6 Å². The molecule has 4 nitrogen and oxygen atoms in total. The number of hydrogen-bond acceptors (Lipinski definition) is 4. The number of piperidine rings is 1. The summed E-state index contributed by atoms with van der Waals surface area (Å²) in [5, 5.41) is 8.08. The highest BCUT2D eigenvalue weighted by molar-refractivity contribution is 7.07. The van der Waals surface area contributed by atoms with E-state index in [9.17, 15) is 4.79 Å². The third-order valence-corrected chi connectivity index (χ3v) is 3.74. The first kappa shape index (κ1) is 17.6. The first-order valence-corrected chi connectivity index (χ1v) is 6.51. The van der Waals surface area contributed by atoms with Gasteiger partial charge in [-0.25, -0.2) is 4.98 Å². The van der Waals surface area contributed by atoms with Crippen molar-refractivity contribution in [2.75, 3.05) is 19.6 Å². The molecule has 1 aromatic heterocycles. The van der Waals surface area contributed by atoms with Crippen molar-refractivity contribution >= 4 is 42.1 Å². The standard InChI is InChI=1S/C11H17N3OS.2ClH/c1-11(2-4-12-5-3-11)7-13-10(15)9-6-16-8-14-9;;/h6,8,12H,2-5,7H2,1H3,(H,13,15);2*1H. The average molecular weight is 312 g/mol. The van der Waals surface area contributed by atoms with Crippen molar-refractivity contribution in [3.63, 3.8) is 0 Å². The van der Waals surface area contributed by atoms with Crippen molar-refractivity contribution in [3.8, 4) is 0 Å². The molecule has 1 aliphatic rings. The van der Waals surface area contributed by atoms with Crippen molar-refractivity contribution in [2.45, 2.75) is 19.8 Å². The maximum absolute atomic E-state index is 11.7. The Labute approximate surface area is 124 Å². The number of thiazole rings is 1. The Bertz CT molecular complexity index is 353. The second-order valence-corrected chi connectivity index (χ2v) is 5.34. The molecule has 0 bridgehead atoms. The maximum atomic E-state index is 11.7. The first-order chi connectivity index (χ1) is 7.70. The van der Waals surface area contributed by atoms with Crippen molar-refractivity contribution in [3.05, 3.63) is 16.6 Å². The SMILES string of the molecule is CC1(CNC(=O)c2cscn2)CCNCC1.Cl.Cl. The third-order valence-electron chi connectivity index (χ3n) is 3.15. The molecule has 1 amide bonds. The van der Waals surface area contributed by atoms with Gasteiger partial charge >= 0.3 is 0 Å². The highest BCUT2D eigenvalue weighted by Crippen LogP contribution is 2.26. The Morgan fingerprint density at radius 3 is 2.72 bits per heavy atom. The molecule has 2 heterocycles. The van der Waals surface area contributed by atoms with Crippen LogP contribution in [0.25, 0.3) is 0 Å². The topological polar surface area (TPSA) is 54.0 Å². The molecule has 0 spiro atoms. The van der Waals surface area contributed by atoms with Gasteiger partial charge < -0.3 is 10.6 Å². The maximum Gasteiger partial charge on any atom is 0.270 e. The van der Waals surface area contributed by atoms with Gasteiger partial charge in [-0.05, 0) is 31.3 Å². The van der Waals surface area contributed by atoms with E-state index in [1.165, 1.54) is 11.3 Å². The predicted octanol–water partition coefficient (Wildman–Crippen LogP) is 2.11. The number of carbonyl (C=O) groups is 1. The molecule has 0 unspecified atom stereocenters. The van der Waals surface area contributed by atoms with Crippen LogP contribution in [0.3, 0.4) is 0 Å². The molecular weight excluding hydrogens is 293 g/mol. The second-order valence-electron chi connectivity index (χ2n) is 4.62. The second kappa shape index (κ2) is 7.94. The van der Waals surface area contributed by atoms with Gasteiger partial charge in [-0.3, -0.25) is 4.79 Å². The molecule has 1 aromatic rings. The lowest BCUT2D eigenvalue weighted by atomic mass is 9.81. The van der Waals surface area contributed by atoms with Crippen molar-refractivity contribution < 1.29 is 4.79 Å². The summed E-state index contributed by atoms with van der Waals surface area (Å²) in [5.41, 5.74) is 2.44. The van der Waals surface area contributed by atoms with Crippen LogP contribution in [0.5, 0.6) is 0 Å². The molecule has 7 heteroatoms. The summed E-state index contributed by atoms with van der Waals surface area (Å²) >= 11 is 1.45. The van der Waals surface area contributed by atoms with E-state index >= 15 is 0 Å². The summed E-state index contributed by atoms with van der Waals surface area (Å²) in [6, 6.07) is 0. The molecule has 0 saturated carbocycles. The molecule has 0 aliphatic carbocycles. The van der Waals surface area contributed by atoms with E-state index in [1.54, 1.807) is 10.9 Å². The molecular formula is C11H19Cl2N3OS. The fourth-order valence-electron chi connectivity index (χ4n) is 1.92. The van der Waals surface area contributed by atoms with Crippen LogP contribution >= 0.6 is 36.2 Å². The lowest BCUT2D eigenvalue weighted by Crippen LogP contribution is -2.42. The number of hydrogen-bond donors (Lipinski definition) is 2. The van der Waals surface area contributed by atoms with Crippen LogP contribution < -0.4 is 10.6 Å². The Hall–Kier alpha value is -0.360. The molecule has 1 fully saturated rings. The smallest absolute Gasteiger partial charge is 0.270 e. The van der Waals surface area contributed by atoms with E-state index in [1.807, 2.05) is 0 Å². The zero-order valence-corrected chi connectivity index (χ0v) is 12.7. The lowest BCUT2D eigenvalue weighted by molar-refractivity contribution is 0.0918. The number of halogens is 2. The highest BCUT2D eigenvalue weighted by Gasteiger charge is 2.27. The van der Waals surface area contributed by atoms with E-state index in [4.69, 9.17) is 0 Å². The molecule has 104 valence electrons. The quantitative estimate of drug-likeness (QED) is 0.899. The Morgan fingerprint density at radius 2 is 2.17 bits per heavy atom.